The minimum Gasteiger partial charge on any atom is -0.492 e. The summed E-state index contributed by atoms with van der Waals surface area (Å²) in [4.78, 5) is 23.4. The quantitative estimate of drug-likeness (QED) is 0.0604. The van der Waals surface area contributed by atoms with Gasteiger partial charge in [0.05, 0.1) is 75.1 Å². The number of aromatic nitrogens is 6. The average Bonchev–Trinajstić information content (AvgIpc) is 2.34. The maximum Gasteiger partial charge on any atom is 0.498 e. The highest BCUT2D eigenvalue weighted by Crippen LogP contribution is 2.48. The van der Waals surface area contributed by atoms with Crippen molar-refractivity contribution < 1.29 is 65.4 Å². The Labute approximate surface area is 693 Å². The Morgan fingerprint density at radius 3 is 1.34 bits per heavy atom. The lowest BCUT2D eigenvalue weighted by molar-refractivity contribution is -0.142. The third kappa shape index (κ3) is 18.6. The zero-order valence-electron chi connectivity index (χ0n) is 67.8. The number of rotatable bonds is 13. The van der Waals surface area contributed by atoms with Gasteiger partial charge < -0.3 is 47.0 Å². The molecule has 18 nitrogen and oxygen atoms in total. The topological polar surface area (TPSA) is 180 Å². The van der Waals surface area contributed by atoms with Crippen LogP contribution >= 0.6 is 54.5 Å². The van der Waals surface area contributed by atoms with Crippen LogP contribution in [0.1, 0.15) is 172 Å². The smallest absolute Gasteiger partial charge is 0.492 e. The van der Waals surface area contributed by atoms with E-state index in [4.69, 9.17) is 47.0 Å². The van der Waals surface area contributed by atoms with Crippen molar-refractivity contribution >= 4 is 91.6 Å². The molecule has 6 aliphatic rings. The van der Waals surface area contributed by atoms with Crippen molar-refractivity contribution in [3.05, 3.63) is 225 Å². The number of aryl methyl sites for hydroxylation is 9. The Morgan fingerprint density at radius 2 is 0.912 bits per heavy atom. The summed E-state index contributed by atoms with van der Waals surface area (Å²) in [6.45, 7) is 29.7. The van der Waals surface area contributed by atoms with E-state index in [1.54, 1.807) is 27.7 Å². The molecule has 2 aliphatic carbocycles. The maximum absolute atomic E-state index is 15.3. The number of methoxy groups -OCH3 is 2. The molecule has 0 bridgehead atoms. The summed E-state index contributed by atoms with van der Waals surface area (Å²) in [5, 5.41) is 12.6. The lowest BCUT2D eigenvalue weighted by atomic mass is 9.75. The third-order valence-electron chi connectivity index (χ3n) is 22.6. The molecule has 594 valence electrons. The second-order valence-electron chi connectivity index (χ2n) is 32.0. The first-order chi connectivity index (χ1) is 53.4. The van der Waals surface area contributed by atoms with Crippen molar-refractivity contribution in [2.24, 2.45) is 21.1 Å². The van der Waals surface area contributed by atoms with Crippen molar-refractivity contribution in [1.82, 2.24) is 29.3 Å². The van der Waals surface area contributed by atoms with Gasteiger partial charge in [-0.2, -0.15) is 15.3 Å². The van der Waals surface area contributed by atoms with Crippen LogP contribution in [0.2, 0.25) is 0 Å². The monoisotopic (exact) mass is 1780 g/mol. The SMILES string of the molecule is COC(=O)C[C@@H]1COc2cc(O[C@@H]3CCc4c(-c5c(C)cc(-c6cnn(C)c6)cc5C)ccc(F)c43)ccc21.COC(=O)C[C@@H]1COc2cc(O[C@@H]3CCc4c(B5OC(C)(C)C(C)(C)O5)ccc(F)c43)ccc21.Cc1cc(-c2cnn(C)c2)cc(C)c1Br.Cc1cc(I)cc(C)c1Br.Cn1cc(B2OC(C)(C)C(C)(C)O2)cn1. The van der Waals surface area contributed by atoms with E-state index < -0.39 is 24.4 Å². The van der Waals surface area contributed by atoms with Crippen molar-refractivity contribution in [3.63, 3.8) is 0 Å². The summed E-state index contributed by atoms with van der Waals surface area (Å²) in [5.74, 6) is 1.50. The number of nitrogens with zero attached hydrogens (tertiary/aromatic N) is 6. The minimum absolute atomic E-state index is 0.0373. The molecule has 4 atom stereocenters. The van der Waals surface area contributed by atoms with Crippen LogP contribution in [0.4, 0.5) is 8.78 Å². The van der Waals surface area contributed by atoms with E-state index >= 15 is 8.78 Å². The van der Waals surface area contributed by atoms with Gasteiger partial charge in [-0.25, -0.2) is 8.78 Å². The Morgan fingerprint density at radius 1 is 0.513 bits per heavy atom. The van der Waals surface area contributed by atoms with E-state index in [2.05, 4.69) is 148 Å². The molecule has 7 aromatic carbocycles. The molecule has 0 unspecified atom stereocenters. The average molecular weight is 1780 g/mol. The molecule has 0 amide bonds. The number of benzene rings is 7. The molecule has 25 heteroatoms. The first kappa shape index (κ1) is 84.2. The molecule has 7 heterocycles. The van der Waals surface area contributed by atoms with Gasteiger partial charge in [0.15, 0.2) is 0 Å². The number of halogens is 5. The number of carbonyl (C=O) groups excluding carboxylic acids is 2. The molecule has 10 aromatic rings. The fourth-order valence-electron chi connectivity index (χ4n) is 15.2. The van der Waals surface area contributed by atoms with Crippen LogP contribution < -0.4 is 29.9 Å². The van der Waals surface area contributed by atoms with Gasteiger partial charge in [-0.05, 0) is 254 Å². The Hall–Kier alpha value is -8.17. The molecule has 0 saturated carbocycles. The molecular weight excluding hydrogens is 1680 g/mol. The number of hydrogen-bond donors (Lipinski definition) is 0. The summed E-state index contributed by atoms with van der Waals surface area (Å²) in [5.41, 5.74) is 19.6. The predicted octanol–water partition coefficient (Wildman–Crippen LogP) is 18.7. The van der Waals surface area contributed by atoms with Crippen LogP contribution in [-0.4, -0.2) is 105 Å². The van der Waals surface area contributed by atoms with E-state index in [9.17, 15) is 9.59 Å². The van der Waals surface area contributed by atoms with Gasteiger partial charge in [0, 0.05) is 121 Å². The van der Waals surface area contributed by atoms with Crippen molar-refractivity contribution in [1.29, 1.82) is 0 Å². The van der Waals surface area contributed by atoms with Crippen molar-refractivity contribution in [3.8, 4) is 56.4 Å². The van der Waals surface area contributed by atoms with E-state index in [1.165, 1.54) is 60.6 Å². The second-order valence-corrected chi connectivity index (χ2v) is 34.8. The highest BCUT2D eigenvalue weighted by Gasteiger charge is 2.54. The van der Waals surface area contributed by atoms with Gasteiger partial charge in [0.25, 0.3) is 0 Å². The van der Waals surface area contributed by atoms with Crippen molar-refractivity contribution in [2.75, 3.05) is 27.4 Å². The van der Waals surface area contributed by atoms with E-state index in [-0.39, 0.29) is 72.7 Å². The van der Waals surface area contributed by atoms with E-state index in [0.717, 1.165) is 78.5 Å². The summed E-state index contributed by atoms with van der Waals surface area (Å²) in [7, 11) is 7.65. The normalized spacial score (nSPS) is 18.6. The van der Waals surface area contributed by atoms with Crippen LogP contribution in [0.25, 0.3) is 33.4 Å². The number of hydrogen-bond acceptors (Lipinski definition) is 15. The van der Waals surface area contributed by atoms with Crippen LogP contribution in [0.5, 0.6) is 23.0 Å². The maximum atomic E-state index is 15.3. The summed E-state index contributed by atoms with van der Waals surface area (Å²) in [6, 6.07) is 31.0. The predicted molar refractivity (Wildman–Crippen MR) is 453 cm³/mol. The summed E-state index contributed by atoms with van der Waals surface area (Å²) in [6.07, 6.45) is 14.0. The molecule has 16 rings (SSSR count). The van der Waals surface area contributed by atoms with Gasteiger partial charge in [-0.3, -0.25) is 23.6 Å². The third-order valence-corrected chi connectivity index (χ3v) is 25.8. The van der Waals surface area contributed by atoms with Gasteiger partial charge in [-0.1, -0.05) is 80.4 Å². The van der Waals surface area contributed by atoms with Crippen LogP contribution in [0.3, 0.4) is 0 Å². The first-order valence-electron chi connectivity index (χ1n) is 38.0. The Balaban J connectivity index is 0.000000143. The molecule has 113 heavy (non-hydrogen) atoms. The van der Waals surface area contributed by atoms with E-state index in [1.807, 2.05) is 155 Å². The molecule has 3 aromatic heterocycles. The van der Waals surface area contributed by atoms with E-state index in [0.29, 0.717) is 66.6 Å². The lowest BCUT2D eigenvalue weighted by Crippen LogP contribution is -2.41. The standard InChI is InChI=1S/C32H31FN2O4.C26H30BFO6.C12H13BrN2.C10H17BN2O2.C8H8BrI/c1-18-11-20(22-15-34-35(3)16-22)12-19(2)31(18)25-7-9-27(33)32-26(25)8-10-28(32)39-23-5-6-24-21(13-30(36)37-4)17-38-29(24)14-23;1-25(2)26(3,4)34-27(33-25)19-9-10-20(28)24-18(19)8-11-21(24)32-16-6-7-17-15(12-23(29)30-5)14-31-22(17)13-16;1-8-4-10(5-9(2)12(8)13)11-6-14-15(3)7-11;1-9(2)10(3,4)15-11(14-9)8-6-12-13(5)7-8;1-5-3-7(10)4-6(2)8(5)9/h5-7,9,11-12,14-16,21,28H,8,10,13,17H2,1-4H3;6-7,9-10,13,15,21H,8,11-12,14H2,1-5H3;4-7H,1-3H3;6-7H,1-5H3;3-4H,1-2H3/t21-,28-;15-,21-;;;/m11.../s1. The highest BCUT2D eigenvalue weighted by atomic mass is 127. The molecule has 2 saturated heterocycles. The summed E-state index contributed by atoms with van der Waals surface area (Å²) < 4.78 is 97.5. The van der Waals surface area contributed by atoms with Crippen LogP contribution in [0.15, 0.2) is 143 Å². The number of ether oxygens (including phenoxy) is 6. The number of fused-ring (bicyclic) bond motifs is 4. The van der Waals surface area contributed by atoms with Gasteiger partial charge >= 0.3 is 26.2 Å². The molecular formula is C88H99B2Br2F2IN6O12. The van der Waals surface area contributed by atoms with Gasteiger partial charge in [0.1, 0.15) is 46.8 Å². The lowest BCUT2D eigenvalue weighted by Gasteiger charge is -2.32. The molecule has 0 N–H and O–H groups in total. The number of carbonyl (C=O) groups is 2. The molecule has 0 spiro atoms. The fraction of sp³-hybridized carbons (Fsp3) is 0.398. The zero-order valence-corrected chi connectivity index (χ0v) is 73.1. The largest absolute Gasteiger partial charge is 0.498 e. The van der Waals surface area contributed by atoms with Crippen molar-refractivity contribution in [2.45, 2.75) is 182 Å². The minimum atomic E-state index is -0.543. The summed E-state index contributed by atoms with van der Waals surface area (Å²) >= 11 is 9.41. The van der Waals surface area contributed by atoms with Gasteiger partial charge in [0.2, 0.25) is 0 Å². The Bertz CT molecular complexity index is 5120. The molecule has 0 radical (unpaired) electrons. The molecule has 2 fully saturated rings. The zero-order chi connectivity index (χ0) is 81.5. The fourth-order valence-corrected chi connectivity index (χ4v) is 16.6. The molecule has 4 aliphatic heterocycles. The Kier molecular flexibility index (Phi) is 25.6. The first-order valence-corrected chi connectivity index (χ1v) is 40.7. The van der Waals surface area contributed by atoms with Crippen LogP contribution in [-0.2, 0) is 71.7 Å². The second kappa shape index (κ2) is 34.3. The highest BCUT2D eigenvalue weighted by molar-refractivity contribution is 14.1. The van der Waals surface area contributed by atoms with Gasteiger partial charge in [-0.15, -0.1) is 0 Å². The number of esters is 2. The van der Waals surface area contributed by atoms with Crippen LogP contribution in [0, 0.1) is 56.7 Å².